The van der Waals surface area contributed by atoms with Crippen LogP contribution in [0.2, 0.25) is 0 Å². The van der Waals surface area contributed by atoms with Gasteiger partial charge < -0.3 is 10.6 Å². The van der Waals surface area contributed by atoms with Crippen LogP contribution >= 0.6 is 22.6 Å². The van der Waals surface area contributed by atoms with Crippen LogP contribution < -0.4 is 10.6 Å². The van der Waals surface area contributed by atoms with Crippen LogP contribution in [0.5, 0.6) is 0 Å². The van der Waals surface area contributed by atoms with Gasteiger partial charge in [0.25, 0.3) is 0 Å². The lowest BCUT2D eigenvalue weighted by Gasteiger charge is -2.14. The molecule has 2 aromatic rings. The van der Waals surface area contributed by atoms with Gasteiger partial charge in [-0.15, -0.1) is 0 Å². The Morgan fingerprint density at radius 1 is 1.10 bits per heavy atom. The Bertz CT molecular complexity index is 572. The molecule has 0 spiro atoms. The highest BCUT2D eigenvalue weighted by molar-refractivity contribution is 14.1. The molecule has 0 bridgehead atoms. The highest BCUT2D eigenvalue weighted by Crippen LogP contribution is 2.16. The molecule has 0 aliphatic rings. The minimum absolute atomic E-state index is 0.0307. The third kappa shape index (κ3) is 4.31. The van der Waals surface area contributed by atoms with Crippen molar-refractivity contribution in [1.29, 1.82) is 0 Å². The Morgan fingerprint density at radius 3 is 2.45 bits per heavy atom. The third-order valence-corrected chi connectivity index (χ3v) is 3.96. The van der Waals surface area contributed by atoms with Gasteiger partial charge in [-0.25, -0.2) is 0 Å². The van der Waals surface area contributed by atoms with Gasteiger partial charge in [0.05, 0.1) is 12.2 Å². The summed E-state index contributed by atoms with van der Waals surface area (Å²) >= 11 is 2.21. The molecule has 2 N–H and O–H groups in total. The van der Waals surface area contributed by atoms with Crippen molar-refractivity contribution in [3.63, 3.8) is 0 Å². The van der Waals surface area contributed by atoms with Gasteiger partial charge in [0.2, 0.25) is 5.91 Å². The zero-order valence-corrected chi connectivity index (χ0v) is 13.4. The Labute approximate surface area is 132 Å². The highest BCUT2D eigenvalue weighted by Gasteiger charge is 2.08. The Balaban J connectivity index is 1.85. The lowest BCUT2D eigenvalue weighted by Crippen LogP contribution is -2.30. The molecule has 0 aliphatic heterocycles. The summed E-state index contributed by atoms with van der Waals surface area (Å²) in [5.41, 5.74) is 2.03. The molecule has 1 amide bonds. The Morgan fingerprint density at radius 2 is 1.75 bits per heavy atom. The van der Waals surface area contributed by atoms with Gasteiger partial charge in [-0.05, 0) is 47.2 Å². The molecule has 2 aromatic carbocycles. The van der Waals surface area contributed by atoms with Crippen LogP contribution in [-0.2, 0) is 4.79 Å². The van der Waals surface area contributed by atoms with Crippen LogP contribution in [0.15, 0.2) is 54.6 Å². The number of para-hydroxylation sites is 1. The summed E-state index contributed by atoms with van der Waals surface area (Å²) in [7, 11) is 0. The molecule has 0 unspecified atom stereocenters. The molecular formula is C16H17IN2O. The van der Waals surface area contributed by atoms with Crippen LogP contribution in [0.25, 0.3) is 0 Å². The van der Waals surface area contributed by atoms with Crippen molar-refractivity contribution in [3.05, 3.63) is 63.7 Å². The molecule has 3 nitrogen and oxygen atoms in total. The van der Waals surface area contributed by atoms with Crippen LogP contribution in [-0.4, -0.2) is 12.5 Å². The van der Waals surface area contributed by atoms with Gasteiger partial charge in [0.15, 0.2) is 0 Å². The minimum Gasteiger partial charge on any atom is -0.324 e. The maximum Gasteiger partial charge on any atom is 0.238 e. The normalized spacial score (nSPS) is 11.9. The quantitative estimate of drug-likeness (QED) is 0.779. The van der Waals surface area contributed by atoms with E-state index in [1.54, 1.807) is 0 Å². The summed E-state index contributed by atoms with van der Waals surface area (Å²) in [5, 5.41) is 6.13. The van der Waals surface area contributed by atoms with Crippen LogP contribution in [0, 0.1) is 3.57 Å². The standard InChI is InChI=1S/C16H17IN2O/c1-12(13-7-3-2-4-8-13)18-11-16(20)19-15-10-6-5-9-14(15)17/h2-10,12,18H,11H2,1H3,(H,19,20)/t12-/m0/s1. The van der Waals surface area contributed by atoms with E-state index in [0.29, 0.717) is 6.54 Å². The Kier molecular flexibility index (Phi) is 5.55. The summed E-state index contributed by atoms with van der Waals surface area (Å²) in [4.78, 5) is 11.9. The second-order valence-electron chi connectivity index (χ2n) is 4.54. The summed E-state index contributed by atoms with van der Waals surface area (Å²) in [6.07, 6.45) is 0. The number of halogens is 1. The number of nitrogens with one attached hydrogen (secondary N) is 2. The molecule has 2 rings (SSSR count). The molecule has 0 radical (unpaired) electrons. The number of carbonyl (C=O) groups excluding carboxylic acids is 1. The van der Waals surface area contributed by atoms with E-state index in [1.165, 1.54) is 5.56 Å². The van der Waals surface area contributed by atoms with Gasteiger partial charge >= 0.3 is 0 Å². The van der Waals surface area contributed by atoms with E-state index in [-0.39, 0.29) is 11.9 Å². The number of benzene rings is 2. The molecule has 0 aliphatic carbocycles. The molecule has 0 aromatic heterocycles. The van der Waals surface area contributed by atoms with Crippen LogP contribution in [0.4, 0.5) is 5.69 Å². The fraction of sp³-hybridized carbons (Fsp3) is 0.188. The van der Waals surface area contributed by atoms with Crippen molar-refractivity contribution in [2.24, 2.45) is 0 Å². The first kappa shape index (κ1) is 15.0. The second-order valence-corrected chi connectivity index (χ2v) is 5.70. The molecule has 1 atom stereocenters. The minimum atomic E-state index is -0.0307. The fourth-order valence-corrected chi connectivity index (χ4v) is 2.38. The van der Waals surface area contributed by atoms with E-state index >= 15 is 0 Å². The summed E-state index contributed by atoms with van der Waals surface area (Å²) in [5.74, 6) is -0.0307. The molecular weight excluding hydrogens is 363 g/mol. The van der Waals surface area contributed by atoms with E-state index in [0.717, 1.165) is 9.26 Å². The molecule has 104 valence electrons. The molecule has 0 heterocycles. The highest BCUT2D eigenvalue weighted by atomic mass is 127. The van der Waals surface area contributed by atoms with Gasteiger partial charge in [0.1, 0.15) is 0 Å². The van der Waals surface area contributed by atoms with Crippen LogP contribution in [0.3, 0.4) is 0 Å². The summed E-state index contributed by atoms with van der Waals surface area (Å²) in [6, 6.07) is 18.0. The maximum absolute atomic E-state index is 11.9. The number of hydrogen-bond acceptors (Lipinski definition) is 2. The lowest BCUT2D eigenvalue weighted by atomic mass is 10.1. The zero-order valence-electron chi connectivity index (χ0n) is 11.3. The molecule has 0 saturated heterocycles. The number of carbonyl (C=O) groups is 1. The first-order valence-corrected chi connectivity index (χ1v) is 7.57. The van der Waals surface area contributed by atoms with Crippen molar-refractivity contribution < 1.29 is 4.79 Å². The molecule has 0 saturated carbocycles. The van der Waals surface area contributed by atoms with Gasteiger partial charge in [-0.3, -0.25) is 4.79 Å². The van der Waals surface area contributed by atoms with E-state index in [4.69, 9.17) is 0 Å². The van der Waals surface area contributed by atoms with Gasteiger partial charge in [0, 0.05) is 9.61 Å². The monoisotopic (exact) mass is 380 g/mol. The fourth-order valence-electron chi connectivity index (χ4n) is 1.86. The van der Waals surface area contributed by atoms with E-state index in [9.17, 15) is 4.79 Å². The summed E-state index contributed by atoms with van der Waals surface area (Å²) < 4.78 is 1.04. The number of anilines is 1. The maximum atomic E-state index is 11.9. The molecule has 0 fully saturated rings. The number of rotatable bonds is 5. The van der Waals surface area contributed by atoms with Crippen molar-refractivity contribution in [1.82, 2.24) is 5.32 Å². The first-order valence-electron chi connectivity index (χ1n) is 6.49. The predicted molar refractivity (Wildman–Crippen MR) is 90.6 cm³/mol. The van der Waals surface area contributed by atoms with Crippen molar-refractivity contribution in [2.75, 3.05) is 11.9 Å². The SMILES string of the molecule is C[C@H](NCC(=O)Nc1ccccc1I)c1ccccc1. The number of amides is 1. The predicted octanol–water partition coefficient (Wildman–Crippen LogP) is 3.58. The smallest absolute Gasteiger partial charge is 0.238 e. The third-order valence-electron chi connectivity index (χ3n) is 3.02. The number of hydrogen-bond donors (Lipinski definition) is 2. The van der Waals surface area contributed by atoms with Crippen molar-refractivity contribution >= 4 is 34.2 Å². The first-order chi connectivity index (χ1) is 9.66. The molecule has 20 heavy (non-hydrogen) atoms. The average molecular weight is 380 g/mol. The second kappa shape index (κ2) is 7.40. The van der Waals surface area contributed by atoms with E-state index in [2.05, 4.69) is 52.3 Å². The average Bonchev–Trinajstić information content (AvgIpc) is 2.48. The van der Waals surface area contributed by atoms with E-state index < -0.39 is 0 Å². The zero-order chi connectivity index (χ0) is 14.4. The van der Waals surface area contributed by atoms with Gasteiger partial charge in [-0.2, -0.15) is 0 Å². The topological polar surface area (TPSA) is 41.1 Å². The Hall–Kier alpha value is -1.40. The van der Waals surface area contributed by atoms with Gasteiger partial charge in [-0.1, -0.05) is 42.5 Å². The largest absolute Gasteiger partial charge is 0.324 e. The van der Waals surface area contributed by atoms with Crippen molar-refractivity contribution in [3.8, 4) is 0 Å². The van der Waals surface area contributed by atoms with Crippen LogP contribution in [0.1, 0.15) is 18.5 Å². The summed E-state index contributed by atoms with van der Waals surface area (Å²) in [6.45, 7) is 2.34. The van der Waals surface area contributed by atoms with Crippen molar-refractivity contribution in [2.45, 2.75) is 13.0 Å². The molecule has 4 heteroatoms. The lowest BCUT2D eigenvalue weighted by molar-refractivity contribution is -0.115. The van der Waals surface area contributed by atoms with E-state index in [1.807, 2.05) is 42.5 Å².